The summed E-state index contributed by atoms with van der Waals surface area (Å²) in [5.74, 6) is -0.182. The number of hydrogen-bond acceptors (Lipinski definition) is 2. The molecule has 0 bridgehead atoms. The summed E-state index contributed by atoms with van der Waals surface area (Å²) in [6.45, 7) is 3.24. The molecule has 0 radical (unpaired) electrons. The van der Waals surface area contributed by atoms with Gasteiger partial charge in [0.25, 0.3) is 0 Å². The summed E-state index contributed by atoms with van der Waals surface area (Å²) >= 11 is 0. The quantitative estimate of drug-likeness (QED) is 0.726. The van der Waals surface area contributed by atoms with Crippen LogP contribution in [0.4, 0.5) is 0 Å². The molecule has 0 aliphatic heterocycles. The van der Waals surface area contributed by atoms with Crippen molar-refractivity contribution in [1.82, 2.24) is 0 Å². The summed E-state index contributed by atoms with van der Waals surface area (Å²) < 4.78 is 0. The Morgan fingerprint density at radius 3 is 2.29 bits per heavy atom. The average Bonchev–Trinajstić information content (AvgIpc) is 2.15. The second-order valence-corrected chi connectivity index (χ2v) is 3.54. The Kier molecular flexibility index (Phi) is 3.57. The number of Topliss-reactive ketones (excluding diaryl/α,β-unsaturated/α-hetero) is 1. The second-order valence-electron chi connectivity index (χ2n) is 3.54. The van der Waals surface area contributed by atoms with Crippen molar-refractivity contribution < 1.29 is 4.79 Å². The zero-order valence-electron chi connectivity index (χ0n) is 8.58. The molecule has 74 valence electrons. The van der Waals surface area contributed by atoms with Crippen LogP contribution in [0.3, 0.4) is 0 Å². The van der Waals surface area contributed by atoms with Gasteiger partial charge in [-0.25, -0.2) is 0 Å². The molecule has 0 amide bonds. The van der Waals surface area contributed by atoms with Gasteiger partial charge in [0.2, 0.25) is 0 Å². The highest BCUT2D eigenvalue weighted by atomic mass is 16.1. The molecule has 1 aromatic rings. The van der Waals surface area contributed by atoms with Gasteiger partial charge in [-0.1, -0.05) is 30.3 Å². The molecule has 0 aromatic heterocycles. The minimum absolute atomic E-state index is 0.0707. The maximum Gasteiger partial charge on any atom is 0.138 e. The smallest absolute Gasteiger partial charge is 0.138 e. The predicted molar refractivity (Wildman–Crippen MR) is 57.7 cm³/mol. The van der Waals surface area contributed by atoms with Gasteiger partial charge in [0.15, 0.2) is 0 Å². The highest BCUT2D eigenvalue weighted by Gasteiger charge is 2.16. The van der Waals surface area contributed by atoms with Crippen molar-refractivity contribution in [3.05, 3.63) is 35.9 Å². The molecular formula is C12H15NO. The fraction of sp³-hybridized carbons (Fsp3) is 0.333. The highest BCUT2D eigenvalue weighted by molar-refractivity contribution is 6.01. The van der Waals surface area contributed by atoms with Crippen LogP contribution in [0.2, 0.25) is 0 Å². The Labute approximate surface area is 84.5 Å². The van der Waals surface area contributed by atoms with E-state index in [4.69, 9.17) is 5.41 Å². The van der Waals surface area contributed by atoms with Gasteiger partial charge in [-0.3, -0.25) is 4.79 Å². The molecule has 0 aliphatic carbocycles. The highest BCUT2D eigenvalue weighted by Crippen LogP contribution is 2.10. The topological polar surface area (TPSA) is 40.9 Å². The lowest BCUT2D eigenvalue weighted by atomic mass is 9.92. The molecule has 1 aromatic carbocycles. The molecule has 1 N–H and O–H groups in total. The number of rotatable bonds is 4. The molecule has 14 heavy (non-hydrogen) atoms. The molecule has 1 atom stereocenters. The third-order valence-corrected chi connectivity index (χ3v) is 2.30. The second kappa shape index (κ2) is 4.70. The SMILES string of the molecule is CC(=N)C(Cc1ccccc1)C(C)=O. The molecule has 1 unspecified atom stereocenters. The van der Waals surface area contributed by atoms with E-state index in [9.17, 15) is 4.79 Å². The van der Waals surface area contributed by atoms with Crippen molar-refractivity contribution in [2.24, 2.45) is 5.92 Å². The van der Waals surface area contributed by atoms with Crippen LogP contribution in [0.25, 0.3) is 0 Å². The van der Waals surface area contributed by atoms with Gasteiger partial charge in [-0.2, -0.15) is 0 Å². The first-order chi connectivity index (χ1) is 6.61. The number of ketones is 1. The van der Waals surface area contributed by atoms with Gasteiger partial charge in [0.1, 0.15) is 5.78 Å². The molecule has 0 heterocycles. The first kappa shape index (κ1) is 10.6. The van der Waals surface area contributed by atoms with Crippen molar-refractivity contribution in [2.75, 3.05) is 0 Å². The normalized spacial score (nSPS) is 12.1. The van der Waals surface area contributed by atoms with E-state index in [1.165, 1.54) is 0 Å². The minimum atomic E-state index is -0.252. The van der Waals surface area contributed by atoms with Gasteiger partial charge >= 0.3 is 0 Å². The maximum absolute atomic E-state index is 11.2. The number of nitrogens with one attached hydrogen (secondary N) is 1. The predicted octanol–water partition coefficient (Wildman–Crippen LogP) is 2.47. The standard InChI is InChI=1S/C12H15NO/c1-9(13)12(10(2)14)8-11-6-4-3-5-7-11/h3-7,12-13H,8H2,1-2H3. The first-order valence-corrected chi connectivity index (χ1v) is 4.70. The van der Waals surface area contributed by atoms with Gasteiger partial charge in [-0.15, -0.1) is 0 Å². The van der Waals surface area contributed by atoms with Gasteiger partial charge in [-0.05, 0) is 25.8 Å². The largest absolute Gasteiger partial charge is 0.309 e. The van der Waals surface area contributed by atoms with Crippen molar-refractivity contribution >= 4 is 11.5 Å². The van der Waals surface area contributed by atoms with Crippen LogP contribution >= 0.6 is 0 Å². The molecule has 0 fully saturated rings. The van der Waals surface area contributed by atoms with E-state index >= 15 is 0 Å². The van der Waals surface area contributed by atoms with E-state index in [-0.39, 0.29) is 11.7 Å². The molecule has 0 saturated carbocycles. The van der Waals surface area contributed by atoms with Crippen molar-refractivity contribution in [1.29, 1.82) is 5.41 Å². The number of carbonyl (C=O) groups is 1. The lowest BCUT2D eigenvalue weighted by Gasteiger charge is -2.11. The van der Waals surface area contributed by atoms with Gasteiger partial charge < -0.3 is 5.41 Å². The summed E-state index contributed by atoms with van der Waals surface area (Å²) in [7, 11) is 0. The molecule has 0 saturated heterocycles. The number of benzene rings is 1. The summed E-state index contributed by atoms with van der Waals surface area (Å²) in [4.78, 5) is 11.2. The Hall–Kier alpha value is -1.44. The van der Waals surface area contributed by atoms with Crippen LogP contribution in [0, 0.1) is 11.3 Å². The Morgan fingerprint density at radius 2 is 1.86 bits per heavy atom. The van der Waals surface area contributed by atoms with E-state index in [0.29, 0.717) is 12.1 Å². The molecule has 1 rings (SSSR count). The van der Waals surface area contributed by atoms with Crippen LogP contribution in [0.15, 0.2) is 30.3 Å². The lowest BCUT2D eigenvalue weighted by Crippen LogP contribution is -2.21. The zero-order chi connectivity index (χ0) is 10.6. The van der Waals surface area contributed by atoms with Crippen molar-refractivity contribution in [2.45, 2.75) is 20.3 Å². The van der Waals surface area contributed by atoms with Crippen LogP contribution < -0.4 is 0 Å². The Morgan fingerprint density at radius 1 is 1.29 bits per heavy atom. The monoisotopic (exact) mass is 189 g/mol. The number of hydrogen-bond donors (Lipinski definition) is 1. The van der Waals surface area contributed by atoms with E-state index in [2.05, 4.69) is 0 Å². The summed E-state index contributed by atoms with van der Waals surface area (Å²) in [5.41, 5.74) is 1.56. The molecule has 2 heteroatoms. The third kappa shape index (κ3) is 2.80. The zero-order valence-corrected chi connectivity index (χ0v) is 8.58. The summed E-state index contributed by atoms with van der Waals surface area (Å²) in [6, 6.07) is 9.82. The van der Waals surface area contributed by atoms with E-state index in [0.717, 1.165) is 5.56 Å². The van der Waals surface area contributed by atoms with Crippen LogP contribution in [-0.4, -0.2) is 11.5 Å². The molecular weight excluding hydrogens is 174 g/mol. The van der Waals surface area contributed by atoms with Gasteiger partial charge in [0, 0.05) is 5.71 Å². The Bertz CT molecular complexity index is 315. The molecule has 2 nitrogen and oxygen atoms in total. The van der Waals surface area contributed by atoms with Crippen LogP contribution in [-0.2, 0) is 11.2 Å². The van der Waals surface area contributed by atoms with Gasteiger partial charge in [0.05, 0.1) is 5.92 Å². The fourth-order valence-electron chi connectivity index (χ4n) is 1.45. The first-order valence-electron chi connectivity index (χ1n) is 4.70. The maximum atomic E-state index is 11.2. The summed E-state index contributed by atoms with van der Waals surface area (Å²) in [5, 5.41) is 7.51. The average molecular weight is 189 g/mol. The van der Waals surface area contributed by atoms with E-state index in [1.807, 2.05) is 30.3 Å². The molecule has 0 aliphatic rings. The molecule has 0 spiro atoms. The van der Waals surface area contributed by atoms with E-state index < -0.39 is 0 Å². The van der Waals surface area contributed by atoms with E-state index in [1.54, 1.807) is 13.8 Å². The lowest BCUT2D eigenvalue weighted by molar-refractivity contribution is -0.118. The third-order valence-electron chi connectivity index (χ3n) is 2.30. The minimum Gasteiger partial charge on any atom is -0.309 e. The Balaban J connectivity index is 2.75. The van der Waals surface area contributed by atoms with Crippen molar-refractivity contribution in [3.8, 4) is 0 Å². The van der Waals surface area contributed by atoms with Crippen LogP contribution in [0.1, 0.15) is 19.4 Å². The van der Waals surface area contributed by atoms with Crippen LogP contribution in [0.5, 0.6) is 0 Å². The number of carbonyl (C=O) groups excluding carboxylic acids is 1. The summed E-state index contributed by atoms with van der Waals surface area (Å²) in [6.07, 6.45) is 0.644. The fourth-order valence-corrected chi connectivity index (χ4v) is 1.45. The van der Waals surface area contributed by atoms with Crippen molar-refractivity contribution in [3.63, 3.8) is 0 Å².